The van der Waals surface area contributed by atoms with Gasteiger partial charge in [0, 0.05) is 18.7 Å². The molecule has 0 saturated carbocycles. The van der Waals surface area contributed by atoms with Gasteiger partial charge in [-0.15, -0.1) is 0 Å². The van der Waals surface area contributed by atoms with Gasteiger partial charge in [0.25, 0.3) is 0 Å². The third kappa shape index (κ3) is 2.25. The summed E-state index contributed by atoms with van der Waals surface area (Å²) >= 11 is 0. The lowest BCUT2D eigenvalue weighted by atomic mass is 10.1. The number of aromatic hydroxyl groups is 1. The Kier molecular flexibility index (Phi) is 2.83. The van der Waals surface area contributed by atoms with Crippen molar-refractivity contribution in [1.29, 1.82) is 0 Å². The van der Waals surface area contributed by atoms with Crippen LogP contribution in [-0.2, 0) is 6.42 Å². The van der Waals surface area contributed by atoms with Crippen LogP contribution in [0.3, 0.4) is 0 Å². The van der Waals surface area contributed by atoms with Crippen LogP contribution in [0.4, 0.5) is 0 Å². The summed E-state index contributed by atoms with van der Waals surface area (Å²) in [6.07, 6.45) is 4.33. The minimum absolute atomic E-state index is 0.253. The molecule has 0 spiro atoms. The molecule has 3 rings (SSSR count). The summed E-state index contributed by atoms with van der Waals surface area (Å²) in [6.45, 7) is 0. The van der Waals surface area contributed by atoms with Crippen LogP contribution < -0.4 is 4.74 Å². The smallest absolute Gasteiger partial charge is 0.119 e. The summed E-state index contributed by atoms with van der Waals surface area (Å²) in [7, 11) is 1.66. The molecule has 0 aliphatic rings. The highest BCUT2D eigenvalue weighted by Gasteiger charge is 2.05. The molecule has 0 amide bonds. The third-order valence-corrected chi connectivity index (χ3v) is 3.11. The Labute approximate surface area is 110 Å². The van der Waals surface area contributed by atoms with Crippen molar-refractivity contribution in [3.8, 4) is 11.5 Å². The van der Waals surface area contributed by atoms with Crippen molar-refractivity contribution in [2.75, 3.05) is 7.11 Å². The van der Waals surface area contributed by atoms with E-state index in [2.05, 4.69) is 4.98 Å². The van der Waals surface area contributed by atoms with Crippen LogP contribution in [0.5, 0.6) is 11.5 Å². The molecule has 0 saturated heterocycles. The zero-order valence-corrected chi connectivity index (χ0v) is 10.6. The van der Waals surface area contributed by atoms with E-state index in [0.717, 1.165) is 23.5 Å². The zero-order chi connectivity index (χ0) is 13.2. The van der Waals surface area contributed by atoms with Gasteiger partial charge < -0.3 is 14.2 Å². The molecule has 0 unspecified atom stereocenters. The summed E-state index contributed by atoms with van der Waals surface area (Å²) < 4.78 is 7.12. The maximum absolute atomic E-state index is 9.43. The number of hydrogen-bond donors (Lipinski definition) is 1. The van der Waals surface area contributed by atoms with Gasteiger partial charge in [0.05, 0.1) is 18.8 Å². The van der Waals surface area contributed by atoms with Crippen molar-refractivity contribution in [2.45, 2.75) is 6.42 Å². The molecule has 2 heterocycles. The Morgan fingerprint density at radius 2 is 2.00 bits per heavy atom. The van der Waals surface area contributed by atoms with E-state index in [4.69, 9.17) is 4.74 Å². The highest BCUT2D eigenvalue weighted by molar-refractivity contribution is 5.50. The topological polar surface area (TPSA) is 46.8 Å². The fourth-order valence-electron chi connectivity index (χ4n) is 2.10. The van der Waals surface area contributed by atoms with E-state index in [1.807, 2.05) is 34.9 Å². The monoisotopic (exact) mass is 254 g/mol. The van der Waals surface area contributed by atoms with E-state index in [1.165, 1.54) is 5.56 Å². The lowest BCUT2D eigenvalue weighted by Gasteiger charge is -2.04. The first-order chi connectivity index (χ1) is 9.26. The maximum Gasteiger partial charge on any atom is 0.119 e. The van der Waals surface area contributed by atoms with E-state index in [9.17, 15) is 5.11 Å². The summed E-state index contributed by atoms with van der Waals surface area (Å²) in [5.41, 5.74) is 2.06. The molecule has 0 aliphatic heterocycles. The van der Waals surface area contributed by atoms with Gasteiger partial charge in [0.2, 0.25) is 0 Å². The molecule has 3 aromatic rings. The Bertz CT molecular complexity index is 702. The molecule has 2 aromatic heterocycles. The maximum atomic E-state index is 9.43. The highest BCUT2D eigenvalue weighted by atomic mass is 16.5. The molecule has 1 N–H and O–H groups in total. The predicted octanol–water partition coefficient (Wildman–Crippen LogP) is 2.64. The van der Waals surface area contributed by atoms with Crippen molar-refractivity contribution >= 4 is 5.52 Å². The number of hydrogen-bond acceptors (Lipinski definition) is 3. The van der Waals surface area contributed by atoms with Crippen LogP contribution in [0.25, 0.3) is 5.52 Å². The number of aromatic nitrogens is 2. The molecule has 4 nitrogen and oxygen atoms in total. The second-order valence-corrected chi connectivity index (χ2v) is 4.38. The van der Waals surface area contributed by atoms with Crippen LogP contribution in [0.15, 0.2) is 48.8 Å². The van der Waals surface area contributed by atoms with Crippen LogP contribution in [0.1, 0.15) is 11.4 Å². The van der Waals surface area contributed by atoms with Crippen LogP contribution in [0.2, 0.25) is 0 Å². The average Bonchev–Trinajstić information content (AvgIpc) is 2.82. The van der Waals surface area contributed by atoms with Gasteiger partial charge in [-0.25, -0.2) is 4.98 Å². The van der Waals surface area contributed by atoms with E-state index in [1.54, 1.807) is 25.4 Å². The first-order valence-corrected chi connectivity index (χ1v) is 6.04. The normalized spacial score (nSPS) is 10.8. The Morgan fingerprint density at radius 3 is 2.74 bits per heavy atom. The van der Waals surface area contributed by atoms with Crippen molar-refractivity contribution in [2.24, 2.45) is 0 Å². The predicted molar refractivity (Wildman–Crippen MR) is 72.7 cm³/mol. The Morgan fingerprint density at radius 1 is 1.21 bits per heavy atom. The Hall–Kier alpha value is -2.49. The second kappa shape index (κ2) is 4.65. The molecule has 0 atom stereocenters. The van der Waals surface area contributed by atoms with Crippen molar-refractivity contribution in [3.05, 3.63) is 60.2 Å². The number of methoxy groups -OCH3 is 1. The number of rotatable bonds is 3. The van der Waals surface area contributed by atoms with Crippen LogP contribution in [-0.4, -0.2) is 21.6 Å². The lowest BCUT2D eigenvalue weighted by molar-refractivity contribution is 0.414. The summed E-state index contributed by atoms with van der Waals surface area (Å²) in [5.74, 6) is 2.05. The standard InChI is InChI=1S/C15H14N2O2/c1-19-14-4-2-11(3-5-14)8-15-16-10-12-9-13(18)6-7-17(12)15/h2-7,9-10,18H,8H2,1H3. The van der Waals surface area contributed by atoms with Gasteiger partial charge in [-0.3, -0.25) is 0 Å². The van der Waals surface area contributed by atoms with Crippen molar-refractivity contribution < 1.29 is 9.84 Å². The Balaban J connectivity index is 1.92. The summed E-state index contributed by atoms with van der Waals surface area (Å²) in [4.78, 5) is 4.39. The van der Waals surface area contributed by atoms with E-state index in [0.29, 0.717) is 0 Å². The van der Waals surface area contributed by atoms with Crippen molar-refractivity contribution in [3.63, 3.8) is 0 Å². The first-order valence-electron chi connectivity index (χ1n) is 6.04. The number of benzene rings is 1. The van der Waals surface area contributed by atoms with Gasteiger partial charge in [0.15, 0.2) is 0 Å². The van der Waals surface area contributed by atoms with Crippen LogP contribution in [0, 0.1) is 0 Å². The van der Waals surface area contributed by atoms with Gasteiger partial charge in [-0.2, -0.15) is 0 Å². The highest BCUT2D eigenvalue weighted by Crippen LogP contribution is 2.18. The average molecular weight is 254 g/mol. The largest absolute Gasteiger partial charge is 0.508 e. The molecule has 0 bridgehead atoms. The molecule has 0 radical (unpaired) electrons. The van der Waals surface area contributed by atoms with Crippen molar-refractivity contribution in [1.82, 2.24) is 9.38 Å². The molecule has 19 heavy (non-hydrogen) atoms. The number of imidazole rings is 1. The molecular formula is C15H14N2O2. The van der Waals surface area contributed by atoms with Gasteiger partial charge >= 0.3 is 0 Å². The van der Waals surface area contributed by atoms with E-state index in [-0.39, 0.29) is 5.75 Å². The van der Waals surface area contributed by atoms with Gasteiger partial charge in [-0.1, -0.05) is 12.1 Å². The SMILES string of the molecule is COc1ccc(Cc2ncc3cc(O)ccn23)cc1. The lowest BCUT2D eigenvalue weighted by Crippen LogP contribution is -1.96. The number of fused-ring (bicyclic) bond motifs is 1. The molecule has 1 aromatic carbocycles. The number of pyridine rings is 1. The fraction of sp³-hybridized carbons (Fsp3) is 0.133. The van der Waals surface area contributed by atoms with Gasteiger partial charge in [-0.05, 0) is 23.8 Å². The fourth-order valence-corrected chi connectivity index (χ4v) is 2.10. The minimum atomic E-state index is 0.253. The van der Waals surface area contributed by atoms with Gasteiger partial charge in [0.1, 0.15) is 17.3 Å². The van der Waals surface area contributed by atoms with E-state index >= 15 is 0 Å². The summed E-state index contributed by atoms with van der Waals surface area (Å²) in [5, 5.41) is 9.43. The summed E-state index contributed by atoms with van der Waals surface area (Å²) in [6, 6.07) is 11.3. The molecular weight excluding hydrogens is 240 g/mol. The number of nitrogens with zero attached hydrogens (tertiary/aromatic N) is 2. The zero-order valence-electron chi connectivity index (χ0n) is 10.6. The third-order valence-electron chi connectivity index (χ3n) is 3.11. The number of ether oxygens (including phenoxy) is 1. The molecule has 4 heteroatoms. The molecule has 0 fully saturated rings. The second-order valence-electron chi connectivity index (χ2n) is 4.38. The first kappa shape index (κ1) is 11.6. The molecule has 0 aliphatic carbocycles. The molecule has 96 valence electrons. The quantitative estimate of drug-likeness (QED) is 0.781. The van der Waals surface area contributed by atoms with Crippen LogP contribution >= 0.6 is 0 Å². The van der Waals surface area contributed by atoms with E-state index < -0.39 is 0 Å². The minimum Gasteiger partial charge on any atom is -0.508 e.